The number of fused-ring (bicyclic) bond motifs is 1. The number of anilines is 3. The average Bonchev–Trinajstić information content (AvgIpc) is 2.76. The molecular weight excluding hydrogens is 504 g/mol. The molecule has 2 N–H and O–H groups in total. The van der Waals surface area contributed by atoms with E-state index in [0.29, 0.717) is 45.5 Å². The fourth-order valence-corrected chi connectivity index (χ4v) is 6.16. The van der Waals surface area contributed by atoms with Gasteiger partial charge in [0.2, 0.25) is 0 Å². The molecule has 4 rings (SSSR count). The van der Waals surface area contributed by atoms with E-state index in [0.717, 1.165) is 0 Å². The summed E-state index contributed by atoms with van der Waals surface area (Å²) >= 11 is 17.4. The van der Waals surface area contributed by atoms with E-state index in [1.807, 2.05) is 6.92 Å². The third kappa shape index (κ3) is 5.09. The highest BCUT2D eigenvalue weighted by Gasteiger charge is 2.34. The number of hydrogen-bond acceptors (Lipinski definition) is 3. The Bertz CT molecular complexity index is 1320. The Morgan fingerprint density at radius 3 is 2.48 bits per heavy atom. The van der Waals surface area contributed by atoms with E-state index >= 15 is 0 Å². The first kappa shape index (κ1) is 23.8. The van der Waals surface area contributed by atoms with Crippen LogP contribution in [0.3, 0.4) is 0 Å². The molecule has 5 nitrogen and oxygen atoms in total. The second kappa shape index (κ2) is 9.46. The fourth-order valence-electron chi connectivity index (χ4n) is 3.75. The predicted octanol–water partition coefficient (Wildman–Crippen LogP) is 6.47. The number of benzene rings is 3. The molecule has 1 aliphatic rings. The SMILES string of the molecule is C[C@H]1CCc2cc(F)ccc2N1S(=O)(=O)c1ccc(NC(=S)Nc2ccc(Cl)cc2Cl)cc1. The number of nitrogens with zero attached hydrogens (tertiary/aromatic N) is 1. The van der Waals surface area contributed by atoms with Gasteiger partial charge in [0.1, 0.15) is 5.82 Å². The minimum absolute atomic E-state index is 0.136. The van der Waals surface area contributed by atoms with Crippen molar-refractivity contribution in [2.75, 3.05) is 14.9 Å². The average molecular weight is 524 g/mol. The summed E-state index contributed by atoms with van der Waals surface area (Å²) in [7, 11) is -3.84. The lowest BCUT2D eigenvalue weighted by molar-refractivity contribution is 0.560. The molecule has 10 heteroatoms. The molecule has 33 heavy (non-hydrogen) atoms. The van der Waals surface area contributed by atoms with Crippen LogP contribution in [0.1, 0.15) is 18.9 Å². The summed E-state index contributed by atoms with van der Waals surface area (Å²) in [6.07, 6.45) is 1.24. The van der Waals surface area contributed by atoms with Crippen LogP contribution < -0.4 is 14.9 Å². The lowest BCUT2D eigenvalue weighted by Crippen LogP contribution is -2.42. The summed E-state index contributed by atoms with van der Waals surface area (Å²) < 4.78 is 41.9. The Labute approximate surface area is 207 Å². The normalized spacial score (nSPS) is 15.6. The minimum Gasteiger partial charge on any atom is -0.332 e. The van der Waals surface area contributed by atoms with Crippen molar-refractivity contribution in [2.45, 2.75) is 30.7 Å². The van der Waals surface area contributed by atoms with E-state index in [2.05, 4.69) is 10.6 Å². The fraction of sp³-hybridized carbons (Fsp3) is 0.174. The van der Waals surface area contributed by atoms with E-state index in [4.69, 9.17) is 35.4 Å². The molecule has 0 spiro atoms. The molecule has 1 aliphatic heterocycles. The highest BCUT2D eigenvalue weighted by atomic mass is 35.5. The third-order valence-corrected chi connectivity index (χ3v) is 8.05. The molecule has 0 saturated heterocycles. The van der Waals surface area contributed by atoms with Gasteiger partial charge in [-0.25, -0.2) is 12.8 Å². The van der Waals surface area contributed by atoms with Crippen LogP contribution in [0.5, 0.6) is 0 Å². The standard InChI is InChI=1S/C23H20Cl2FN3O2S2/c1-14-2-3-15-12-17(26)5-11-22(15)29(14)33(30,31)19-8-6-18(7-9-19)27-23(32)28-21-10-4-16(24)13-20(21)25/h4-14H,2-3H2,1H3,(H2,27,28,32)/t14-/m0/s1. The first-order valence-corrected chi connectivity index (χ1v) is 12.7. The molecule has 0 fully saturated rings. The zero-order valence-corrected chi connectivity index (χ0v) is 20.6. The summed E-state index contributed by atoms with van der Waals surface area (Å²) in [5.74, 6) is -0.374. The zero-order chi connectivity index (χ0) is 23.8. The lowest BCUT2D eigenvalue weighted by Gasteiger charge is -2.36. The van der Waals surface area contributed by atoms with Gasteiger partial charge in [-0.05, 0) is 98.2 Å². The molecule has 0 aliphatic carbocycles. The van der Waals surface area contributed by atoms with Crippen LogP contribution in [-0.4, -0.2) is 19.6 Å². The van der Waals surface area contributed by atoms with Crippen LogP contribution in [0.2, 0.25) is 10.0 Å². The van der Waals surface area contributed by atoms with Crippen LogP contribution in [0.15, 0.2) is 65.6 Å². The Morgan fingerprint density at radius 2 is 1.79 bits per heavy atom. The van der Waals surface area contributed by atoms with Crippen molar-refractivity contribution in [1.29, 1.82) is 0 Å². The van der Waals surface area contributed by atoms with E-state index in [1.54, 1.807) is 30.3 Å². The van der Waals surface area contributed by atoms with Gasteiger partial charge in [0, 0.05) is 16.8 Å². The Kier molecular flexibility index (Phi) is 6.81. The van der Waals surface area contributed by atoms with Crippen molar-refractivity contribution in [3.63, 3.8) is 0 Å². The second-order valence-electron chi connectivity index (χ2n) is 7.69. The van der Waals surface area contributed by atoms with Crippen molar-refractivity contribution in [1.82, 2.24) is 0 Å². The molecule has 1 heterocycles. The number of rotatable bonds is 4. The molecule has 0 amide bonds. The third-order valence-electron chi connectivity index (χ3n) is 5.36. The molecule has 0 bridgehead atoms. The number of aryl methyl sites for hydroxylation is 1. The summed E-state index contributed by atoms with van der Waals surface area (Å²) in [5, 5.41) is 7.19. The van der Waals surface area contributed by atoms with E-state index < -0.39 is 10.0 Å². The molecule has 0 aromatic heterocycles. The van der Waals surface area contributed by atoms with Gasteiger partial charge < -0.3 is 10.6 Å². The lowest BCUT2D eigenvalue weighted by atomic mass is 9.99. The molecule has 3 aromatic carbocycles. The summed E-state index contributed by atoms with van der Waals surface area (Å²) in [6.45, 7) is 1.85. The molecule has 0 radical (unpaired) electrons. The number of sulfonamides is 1. The van der Waals surface area contributed by atoms with E-state index in [-0.39, 0.29) is 21.9 Å². The van der Waals surface area contributed by atoms with Gasteiger partial charge in [0.25, 0.3) is 10.0 Å². The van der Waals surface area contributed by atoms with Crippen molar-refractivity contribution in [3.05, 3.63) is 82.1 Å². The molecule has 0 unspecified atom stereocenters. The van der Waals surface area contributed by atoms with Crippen molar-refractivity contribution < 1.29 is 12.8 Å². The Balaban J connectivity index is 1.52. The second-order valence-corrected chi connectivity index (χ2v) is 10.8. The van der Waals surface area contributed by atoms with Crippen LogP contribution in [0.25, 0.3) is 0 Å². The maximum atomic E-state index is 13.7. The maximum absolute atomic E-state index is 13.7. The predicted molar refractivity (Wildman–Crippen MR) is 137 cm³/mol. The number of hydrogen-bond donors (Lipinski definition) is 2. The van der Waals surface area contributed by atoms with Crippen LogP contribution in [0, 0.1) is 5.82 Å². The minimum atomic E-state index is -3.84. The van der Waals surface area contributed by atoms with E-state index in [9.17, 15) is 12.8 Å². The highest BCUT2D eigenvalue weighted by molar-refractivity contribution is 7.92. The highest BCUT2D eigenvalue weighted by Crippen LogP contribution is 2.36. The van der Waals surface area contributed by atoms with Gasteiger partial charge in [-0.15, -0.1) is 0 Å². The van der Waals surface area contributed by atoms with Gasteiger partial charge in [-0.1, -0.05) is 23.2 Å². The van der Waals surface area contributed by atoms with Gasteiger partial charge in [0.15, 0.2) is 5.11 Å². The van der Waals surface area contributed by atoms with Gasteiger partial charge in [0.05, 0.1) is 21.3 Å². The summed E-state index contributed by atoms with van der Waals surface area (Å²) in [6, 6.07) is 15.2. The first-order chi connectivity index (χ1) is 15.6. The van der Waals surface area contributed by atoms with Crippen molar-refractivity contribution in [2.24, 2.45) is 0 Å². The van der Waals surface area contributed by atoms with Crippen molar-refractivity contribution >= 4 is 67.6 Å². The van der Waals surface area contributed by atoms with Gasteiger partial charge in [-0.3, -0.25) is 4.31 Å². The quantitative estimate of drug-likeness (QED) is 0.383. The zero-order valence-electron chi connectivity index (χ0n) is 17.5. The number of thiocarbonyl (C=S) groups is 1. The molecule has 0 saturated carbocycles. The van der Waals surface area contributed by atoms with E-state index in [1.165, 1.54) is 34.6 Å². The summed E-state index contributed by atoms with van der Waals surface area (Å²) in [4.78, 5) is 0.136. The molecule has 1 atom stereocenters. The van der Waals surface area contributed by atoms with Crippen LogP contribution in [-0.2, 0) is 16.4 Å². The summed E-state index contributed by atoms with van der Waals surface area (Å²) in [5.41, 5.74) is 2.40. The van der Waals surface area contributed by atoms with Gasteiger partial charge >= 0.3 is 0 Å². The molecule has 172 valence electrons. The largest absolute Gasteiger partial charge is 0.332 e. The van der Waals surface area contributed by atoms with Crippen LogP contribution >= 0.6 is 35.4 Å². The Hall–Kier alpha value is -2.39. The molecule has 3 aromatic rings. The number of nitrogens with one attached hydrogen (secondary N) is 2. The Morgan fingerprint density at radius 1 is 1.06 bits per heavy atom. The maximum Gasteiger partial charge on any atom is 0.264 e. The van der Waals surface area contributed by atoms with Gasteiger partial charge in [-0.2, -0.15) is 0 Å². The molecular formula is C23H20Cl2FN3O2S2. The van der Waals surface area contributed by atoms with Crippen molar-refractivity contribution in [3.8, 4) is 0 Å². The first-order valence-electron chi connectivity index (χ1n) is 10.1. The smallest absolute Gasteiger partial charge is 0.264 e. The number of halogens is 3. The monoisotopic (exact) mass is 523 g/mol. The van der Waals surface area contributed by atoms with Crippen LogP contribution in [0.4, 0.5) is 21.5 Å². The topological polar surface area (TPSA) is 61.4 Å².